The van der Waals surface area contributed by atoms with Crippen molar-refractivity contribution in [2.75, 3.05) is 13.2 Å². The Bertz CT molecular complexity index is 498. The second kappa shape index (κ2) is 6.43. The molecule has 100 valence electrons. The number of nitro groups is 1. The van der Waals surface area contributed by atoms with E-state index in [1.807, 2.05) is 0 Å². The number of non-ortho nitro benzene ring substituents is 1. The molecule has 1 aromatic carbocycles. The van der Waals surface area contributed by atoms with Crippen LogP contribution in [0.4, 0.5) is 5.69 Å². The summed E-state index contributed by atoms with van der Waals surface area (Å²) < 4.78 is 25.5. The average Bonchev–Trinajstić information content (AvgIpc) is 2.29. The van der Waals surface area contributed by atoms with Gasteiger partial charge in [-0.05, 0) is 12.0 Å². The molecular formula is C10H14N2O5S. The molecule has 0 aliphatic rings. The molecule has 0 radical (unpaired) electrons. The first kappa shape index (κ1) is 14.6. The van der Waals surface area contributed by atoms with E-state index >= 15 is 0 Å². The predicted octanol–water partition coefficient (Wildman–Crippen LogP) is 0.397. The van der Waals surface area contributed by atoms with Gasteiger partial charge < -0.3 is 5.11 Å². The van der Waals surface area contributed by atoms with Crippen molar-refractivity contribution in [2.45, 2.75) is 12.2 Å². The number of rotatable bonds is 7. The number of nitrogens with zero attached hydrogens (tertiary/aromatic N) is 1. The molecule has 0 bridgehead atoms. The van der Waals surface area contributed by atoms with E-state index in [-0.39, 0.29) is 24.6 Å². The molecule has 0 aliphatic carbocycles. The summed E-state index contributed by atoms with van der Waals surface area (Å²) >= 11 is 0. The maximum Gasteiger partial charge on any atom is 0.269 e. The molecule has 0 aliphatic heterocycles. The van der Waals surface area contributed by atoms with E-state index in [9.17, 15) is 18.5 Å². The molecule has 0 heterocycles. The molecule has 0 saturated carbocycles. The molecule has 0 saturated heterocycles. The van der Waals surface area contributed by atoms with Crippen molar-refractivity contribution in [2.24, 2.45) is 0 Å². The minimum absolute atomic E-state index is 0.0793. The van der Waals surface area contributed by atoms with Gasteiger partial charge in [0.25, 0.3) is 5.69 Å². The topological polar surface area (TPSA) is 110 Å². The summed E-state index contributed by atoms with van der Waals surface area (Å²) in [6, 6.07) is 5.34. The smallest absolute Gasteiger partial charge is 0.269 e. The van der Waals surface area contributed by atoms with Gasteiger partial charge in [0.1, 0.15) is 0 Å². The molecule has 0 atom stereocenters. The highest BCUT2D eigenvalue weighted by molar-refractivity contribution is 7.88. The number of benzene rings is 1. The number of hydrogen-bond acceptors (Lipinski definition) is 5. The van der Waals surface area contributed by atoms with Crippen LogP contribution in [-0.2, 0) is 15.8 Å². The van der Waals surface area contributed by atoms with Gasteiger partial charge >= 0.3 is 0 Å². The summed E-state index contributed by atoms with van der Waals surface area (Å²) in [6.45, 7) is 0.0892. The zero-order valence-electron chi connectivity index (χ0n) is 9.57. The molecule has 0 fully saturated rings. The molecule has 18 heavy (non-hydrogen) atoms. The molecular weight excluding hydrogens is 260 g/mol. The van der Waals surface area contributed by atoms with Crippen molar-refractivity contribution in [1.82, 2.24) is 4.72 Å². The number of nitrogens with one attached hydrogen (secondary N) is 1. The highest BCUT2D eigenvalue weighted by Crippen LogP contribution is 2.13. The molecule has 0 aromatic heterocycles. The number of sulfonamides is 1. The van der Waals surface area contributed by atoms with Gasteiger partial charge in [0.15, 0.2) is 0 Å². The number of nitro benzene ring substituents is 1. The third-order valence-electron chi connectivity index (χ3n) is 2.16. The van der Waals surface area contributed by atoms with E-state index in [4.69, 9.17) is 5.11 Å². The van der Waals surface area contributed by atoms with Crippen molar-refractivity contribution >= 4 is 15.7 Å². The highest BCUT2D eigenvalue weighted by atomic mass is 32.2. The largest absolute Gasteiger partial charge is 0.396 e. The van der Waals surface area contributed by atoms with Crippen LogP contribution in [0.2, 0.25) is 0 Å². The van der Waals surface area contributed by atoms with Crippen LogP contribution in [0.5, 0.6) is 0 Å². The first-order chi connectivity index (χ1) is 8.44. The second-order valence-electron chi connectivity index (χ2n) is 3.65. The summed E-state index contributed by atoms with van der Waals surface area (Å²) in [5.74, 6) is -0.240. The Hall–Kier alpha value is -1.51. The summed E-state index contributed by atoms with van der Waals surface area (Å²) in [6.07, 6.45) is 0.347. The zero-order valence-corrected chi connectivity index (χ0v) is 10.4. The van der Waals surface area contributed by atoms with Gasteiger partial charge in [-0.1, -0.05) is 12.1 Å². The Morgan fingerprint density at radius 3 is 2.39 bits per heavy atom. The van der Waals surface area contributed by atoms with E-state index in [1.54, 1.807) is 0 Å². The van der Waals surface area contributed by atoms with E-state index in [2.05, 4.69) is 4.72 Å². The lowest BCUT2D eigenvalue weighted by Crippen LogP contribution is -2.26. The molecule has 1 rings (SSSR count). The van der Waals surface area contributed by atoms with Crippen LogP contribution in [0.25, 0.3) is 0 Å². The van der Waals surface area contributed by atoms with Gasteiger partial charge in [-0.15, -0.1) is 0 Å². The van der Waals surface area contributed by atoms with Crippen LogP contribution < -0.4 is 4.72 Å². The normalized spacial score (nSPS) is 11.4. The molecule has 7 nitrogen and oxygen atoms in total. The molecule has 0 amide bonds. The first-order valence-electron chi connectivity index (χ1n) is 5.26. The standard InChI is InChI=1S/C10H14N2O5S/c13-7-1-6-11-18(16,17)8-9-2-4-10(5-3-9)12(14)15/h2-5,11,13H,1,6-8H2. The summed E-state index contributed by atoms with van der Waals surface area (Å²) in [7, 11) is -3.47. The van der Waals surface area contributed by atoms with Gasteiger partial charge in [-0.25, -0.2) is 13.1 Å². The summed E-state index contributed by atoms with van der Waals surface area (Å²) in [4.78, 5) is 9.88. The minimum Gasteiger partial charge on any atom is -0.396 e. The maximum absolute atomic E-state index is 11.6. The molecule has 0 unspecified atom stereocenters. The quantitative estimate of drug-likeness (QED) is 0.425. The lowest BCUT2D eigenvalue weighted by Gasteiger charge is -2.05. The highest BCUT2D eigenvalue weighted by Gasteiger charge is 2.12. The van der Waals surface area contributed by atoms with Crippen LogP contribution >= 0.6 is 0 Å². The van der Waals surface area contributed by atoms with Crippen LogP contribution in [0, 0.1) is 10.1 Å². The maximum atomic E-state index is 11.6. The van der Waals surface area contributed by atoms with Crippen LogP contribution in [0.15, 0.2) is 24.3 Å². The van der Waals surface area contributed by atoms with Crippen molar-refractivity contribution in [3.05, 3.63) is 39.9 Å². The Kier molecular flexibility index (Phi) is 5.20. The number of aliphatic hydroxyl groups excluding tert-OH is 1. The average molecular weight is 274 g/mol. The van der Waals surface area contributed by atoms with Gasteiger partial charge in [0, 0.05) is 25.3 Å². The van der Waals surface area contributed by atoms with Crippen molar-refractivity contribution in [3.8, 4) is 0 Å². The Morgan fingerprint density at radius 2 is 1.89 bits per heavy atom. The zero-order chi connectivity index (χ0) is 13.6. The lowest BCUT2D eigenvalue weighted by atomic mass is 10.2. The van der Waals surface area contributed by atoms with E-state index in [0.717, 1.165) is 0 Å². The first-order valence-corrected chi connectivity index (χ1v) is 6.91. The van der Waals surface area contributed by atoms with Crippen molar-refractivity contribution < 1.29 is 18.4 Å². The van der Waals surface area contributed by atoms with Gasteiger partial charge in [-0.3, -0.25) is 10.1 Å². The minimum atomic E-state index is -3.47. The third kappa shape index (κ3) is 4.78. The van der Waals surface area contributed by atoms with Crippen molar-refractivity contribution in [1.29, 1.82) is 0 Å². The fraction of sp³-hybridized carbons (Fsp3) is 0.400. The SMILES string of the molecule is O=[N+]([O-])c1ccc(CS(=O)(=O)NCCCO)cc1. The third-order valence-corrected chi connectivity index (χ3v) is 3.52. The monoisotopic (exact) mass is 274 g/mol. The van der Waals surface area contributed by atoms with E-state index < -0.39 is 14.9 Å². The summed E-state index contributed by atoms with van der Waals surface area (Å²) in [5, 5.41) is 19.0. The van der Waals surface area contributed by atoms with E-state index in [0.29, 0.717) is 12.0 Å². The number of aliphatic hydroxyl groups is 1. The molecule has 0 spiro atoms. The second-order valence-corrected chi connectivity index (χ2v) is 5.46. The molecule has 2 N–H and O–H groups in total. The Labute approximate surface area is 105 Å². The molecule has 8 heteroatoms. The lowest BCUT2D eigenvalue weighted by molar-refractivity contribution is -0.384. The van der Waals surface area contributed by atoms with Gasteiger partial charge in [0.2, 0.25) is 10.0 Å². The Morgan fingerprint density at radius 1 is 1.28 bits per heavy atom. The fourth-order valence-corrected chi connectivity index (χ4v) is 2.48. The van der Waals surface area contributed by atoms with Gasteiger partial charge in [-0.2, -0.15) is 0 Å². The number of hydrogen-bond donors (Lipinski definition) is 2. The Balaban J connectivity index is 2.63. The van der Waals surface area contributed by atoms with Crippen LogP contribution in [0.3, 0.4) is 0 Å². The van der Waals surface area contributed by atoms with E-state index in [1.165, 1.54) is 24.3 Å². The molecule has 1 aromatic rings. The van der Waals surface area contributed by atoms with Crippen LogP contribution in [-0.4, -0.2) is 31.6 Å². The predicted molar refractivity (Wildman–Crippen MR) is 65.4 cm³/mol. The van der Waals surface area contributed by atoms with Crippen LogP contribution in [0.1, 0.15) is 12.0 Å². The fourth-order valence-electron chi connectivity index (χ4n) is 1.29. The van der Waals surface area contributed by atoms with Gasteiger partial charge in [0.05, 0.1) is 10.7 Å². The summed E-state index contributed by atoms with van der Waals surface area (Å²) in [5.41, 5.74) is 0.390. The van der Waals surface area contributed by atoms with Crippen molar-refractivity contribution in [3.63, 3.8) is 0 Å².